The molecule has 270 valence electrons. The molecule has 5 heteroatoms. The summed E-state index contributed by atoms with van der Waals surface area (Å²) in [6.45, 7) is 4.67. The van der Waals surface area contributed by atoms with Crippen molar-refractivity contribution in [2.24, 2.45) is 0 Å². The number of aromatic nitrogens is 3. The van der Waals surface area contributed by atoms with Crippen LogP contribution in [0.2, 0.25) is 0 Å². The molecule has 0 N–H and O–H groups in total. The topological polar surface area (TPSA) is 55.1 Å². The molecule has 0 amide bonds. The van der Waals surface area contributed by atoms with Crippen LogP contribution in [0.25, 0.3) is 78.0 Å². The smallest absolute Gasteiger partial charge is 0.164 e. The number of fused-ring (bicyclic) bond motifs is 7. The van der Waals surface area contributed by atoms with Gasteiger partial charge in [0.25, 0.3) is 0 Å². The van der Waals surface area contributed by atoms with Crippen LogP contribution in [0.1, 0.15) is 25.0 Å². The molecule has 5 nitrogen and oxygen atoms in total. The average molecular weight is 733 g/mol. The van der Waals surface area contributed by atoms with Gasteiger partial charge in [0.1, 0.15) is 5.58 Å². The van der Waals surface area contributed by atoms with E-state index >= 15 is 0 Å². The van der Waals surface area contributed by atoms with E-state index in [1.807, 2.05) is 60.7 Å². The van der Waals surface area contributed by atoms with Gasteiger partial charge in [-0.15, -0.1) is 0 Å². The van der Waals surface area contributed by atoms with Gasteiger partial charge in [-0.1, -0.05) is 147 Å². The zero-order valence-corrected chi connectivity index (χ0v) is 31.5. The summed E-state index contributed by atoms with van der Waals surface area (Å²) in [6.07, 6.45) is 0. The predicted octanol–water partition coefficient (Wildman–Crippen LogP) is 13.7. The van der Waals surface area contributed by atoms with Crippen molar-refractivity contribution >= 4 is 49.8 Å². The minimum Gasteiger partial charge on any atom is -0.454 e. The Kier molecular flexibility index (Phi) is 7.45. The summed E-state index contributed by atoms with van der Waals surface area (Å²) in [5, 5.41) is 4.25. The minimum atomic E-state index is -0.149. The van der Waals surface area contributed by atoms with Crippen molar-refractivity contribution in [3.05, 3.63) is 193 Å². The summed E-state index contributed by atoms with van der Waals surface area (Å²) in [4.78, 5) is 17.4. The Hall–Kier alpha value is -7.37. The second kappa shape index (κ2) is 12.9. The molecule has 57 heavy (non-hydrogen) atoms. The lowest BCUT2D eigenvalue weighted by Gasteiger charge is -2.29. The van der Waals surface area contributed by atoms with E-state index in [1.165, 1.54) is 22.3 Å². The molecule has 10 aromatic rings. The van der Waals surface area contributed by atoms with Gasteiger partial charge < -0.3 is 9.32 Å². The number of rotatable bonds is 6. The van der Waals surface area contributed by atoms with Crippen LogP contribution in [0.3, 0.4) is 0 Å². The van der Waals surface area contributed by atoms with Crippen LogP contribution >= 0.6 is 0 Å². The van der Waals surface area contributed by atoms with Gasteiger partial charge in [-0.05, 0) is 76.2 Å². The van der Waals surface area contributed by atoms with Gasteiger partial charge in [-0.25, -0.2) is 15.0 Å². The molecule has 0 bridgehead atoms. The number of hydrogen-bond acceptors (Lipinski definition) is 5. The number of nitrogens with zero attached hydrogens (tertiary/aromatic N) is 4. The highest BCUT2D eigenvalue weighted by Crippen LogP contribution is 2.52. The lowest BCUT2D eigenvalue weighted by Crippen LogP contribution is -2.16. The van der Waals surface area contributed by atoms with E-state index in [0.717, 1.165) is 66.5 Å². The normalized spacial score (nSPS) is 12.9. The molecule has 0 aliphatic heterocycles. The van der Waals surface area contributed by atoms with E-state index in [9.17, 15) is 0 Å². The summed E-state index contributed by atoms with van der Waals surface area (Å²) >= 11 is 0. The second-order valence-corrected chi connectivity index (χ2v) is 15.2. The fourth-order valence-corrected chi connectivity index (χ4v) is 8.67. The molecule has 8 aromatic carbocycles. The average Bonchev–Trinajstić information content (AvgIpc) is 3.75. The van der Waals surface area contributed by atoms with E-state index in [4.69, 9.17) is 19.4 Å². The number of benzene rings is 8. The molecule has 0 atom stereocenters. The molecule has 0 spiro atoms. The van der Waals surface area contributed by atoms with Gasteiger partial charge >= 0.3 is 0 Å². The highest BCUT2D eigenvalue weighted by atomic mass is 16.3. The Morgan fingerprint density at radius 1 is 0.439 bits per heavy atom. The Balaban J connectivity index is 1.14. The van der Waals surface area contributed by atoms with Gasteiger partial charge in [-0.3, -0.25) is 0 Å². The van der Waals surface area contributed by atoms with E-state index in [0.29, 0.717) is 17.5 Å². The number of hydrogen-bond donors (Lipinski definition) is 0. The summed E-state index contributed by atoms with van der Waals surface area (Å²) in [6, 6.07) is 63.7. The van der Waals surface area contributed by atoms with Crippen molar-refractivity contribution in [2.45, 2.75) is 19.3 Å². The first-order chi connectivity index (χ1) is 28.0. The molecule has 0 saturated heterocycles. The molecule has 0 saturated carbocycles. The second-order valence-electron chi connectivity index (χ2n) is 15.2. The molecular formula is C52H36N4O. The fraction of sp³-hybridized carbons (Fsp3) is 0.0577. The first-order valence-electron chi connectivity index (χ1n) is 19.4. The van der Waals surface area contributed by atoms with E-state index in [1.54, 1.807) is 0 Å². The van der Waals surface area contributed by atoms with Gasteiger partial charge in [0.2, 0.25) is 0 Å². The minimum absolute atomic E-state index is 0.149. The van der Waals surface area contributed by atoms with Crippen LogP contribution in [-0.2, 0) is 5.41 Å². The summed E-state index contributed by atoms with van der Waals surface area (Å²) in [5.74, 6) is 1.86. The van der Waals surface area contributed by atoms with Crippen LogP contribution < -0.4 is 4.90 Å². The lowest BCUT2D eigenvalue weighted by molar-refractivity contribution is 0.660. The summed E-state index contributed by atoms with van der Waals surface area (Å²) in [5.41, 5.74) is 12.6. The molecular weight excluding hydrogens is 697 g/mol. The molecule has 1 aliphatic rings. The quantitative estimate of drug-likeness (QED) is 0.170. The lowest BCUT2D eigenvalue weighted by atomic mass is 9.82. The Labute approximate surface area is 330 Å². The molecule has 0 radical (unpaired) electrons. The number of para-hydroxylation sites is 1. The Morgan fingerprint density at radius 3 is 1.75 bits per heavy atom. The summed E-state index contributed by atoms with van der Waals surface area (Å²) < 4.78 is 6.98. The van der Waals surface area contributed by atoms with Gasteiger partial charge in [0.15, 0.2) is 23.1 Å². The van der Waals surface area contributed by atoms with E-state index in [-0.39, 0.29) is 5.41 Å². The van der Waals surface area contributed by atoms with E-state index < -0.39 is 0 Å². The standard InChI is InChI=1S/C52H36N4O/c1-52(2)44-25-15-14-24-40(44)41-28-27-38(32-45(41)52)56(37-21-10-5-11-22-37)47-39-23-13-12-20-35(39)30-43-42-31-36(26-29-46(42)57-48(43)47)51-54-49(33-16-6-3-7-17-33)53-50(55-51)34-18-8-4-9-19-34/h3-32H,1-2H3. The third-order valence-electron chi connectivity index (χ3n) is 11.5. The van der Waals surface area contributed by atoms with E-state index in [2.05, 4.69) is 140 Å². The predicted molar refractivity (Wildman–Crippen MR) is 233 cm³/mol. The van der Waals surface area contributed by atoms with Crippen LogP contribution in [0.4, 0.5) is 17.1 Å². The largest absolute Gasteiger partial charge is 0.454 e. The Morgan fingerprint density at radius 2 is 1.04 bits per heavy atom. The SMILES string of the molecule is CC1(C)c2ccccc2-c2ccc(N(c3ccccc3)c3c4ccccc4cc4c3oc3ccc(-c5nc(-c6ccccc6)nc(-c6ccccc6)n5)cc34)cc21. The fourth-order valence-electron chi connectivity index (χ4n) is 8.67. The maximum absolute atomic E-state index is 6.98. The third kappa shape index (κ3) is 5.35. The number of anilines is 3. The van der Waals surface area contributed by atoms with Crippen LogP contribution in [-0.4, -0.2) is 15.0 Å². The van der Waals surface area contributed by atoms with Gasteiger partial charge in [0.05, 0.1) is 5.69 Å². The highest BCUT2D eigenvalue weighted by Gasteiger charge is 2.36. The van der Waals surface area contributed by atoms with Gasteiger partial charge in [0, 0.05) is 49.6 Å². The van der Waals surface area contributed by atoms with Crippen LogP contribution in [0.15, 0.2) is 186 Å². The molecule has 2 heterocycles. The van der Waals surface area contributed by atoms with Crippen molar-refractivity contribution in [2.75, 3.05) is 4.90 Å². The Bertz CT molecular complexity index is 3100. The molecule has 1 aliphatic carbocycles. The monoisotopic (exact) mass is 732 g/mol. The molecule has 0 fully saturated rings. The molecule has 2 aromatic heterocycles. The van der Waals surface area contributed by atoms with Gasteiger partial charge in [-0.2, -0.15) is 0 Å². The zero-order valence-electron chi connectivity index (χ0n) is 31.5. The zero-order chi connectivity index (χ0) is 38.1. The first-order valence-corrected chi connectivity index (χ1v) is 19.4. The third-order valence-corrected chi connectivity index (χ3v) is 11.5. The molecule has 0 unspecified atom stereocenters. The van der Waals surface area contributed by atoms with Crippen molar-refractivity contribution in [3.8, 4) is 45.3 Å². The van der Waals surface area contributed by atoms with Crippen molar-refractivity contribution in [3.63, 3.8) is 0 Å². The number of furan rings is 1. The van der Waals surface area contributed by atoms with Crippen LogP contribution in [0.5, 0.6) is 0 Å². The maximum atomic E-state index is 6.98. The first kappa shape index (κ1) is 33.0. The maximum Gasteiger partial charge on any atom is 0.164 e. The summed E-state index contributed by atoms with van der Waals surface area (Å²) in [7, 11) is 0. The van der Waals surface area contributed by atoms with Crippen molar-refractivity contribution < 1.29 is 4.42 Å². The molecule has 11 rings (SSSR count). The van der Waals surface area contributed by atoms with Crippen molar-refractivity contribution in [1.82, 2.24) is 15.0 Å². The van der Waals surface area contributed by atoms with Crippen LogP contribution in [0, 0.1) is 0 Å². The highest BCUT2D eigenvalue weighted by molar-refractivity contribution is 6.19. The van der Waals surface area contributed by atoms with Crippen molar-refractivity contribution in [1.29, 1.82) is 0 Å².